The van der Waals surface area contributed by atoms with Crippen molar-refractivity contribution in [3.63, 3.8) is 0 Å². The van der Waals surface area contributed by atoms with Gasteiger partial charge in [0.1, 0.15) is 11.6 Å². The summed E-state index contributed by atoms with van der Waals surface area (Å²) < 4.78 is 6.60. The predicted molar refractivity (Wildman–Crippen MR) is 107 cm³/mol. The van der Waals surface area contributed by atoms with E-state index in [0.717, 1.165) is 0 Å². The van der Waals surface area contributed by atoms with E-state index in [1.165, 1.54) is 4.90 Å². The molecule has 9 heteroatoms. The number of carbonyl (C=O) groups is 3. The molecule has 3 amide bonds. The Hall–Kier alpha value is -1.61. The Morgan fingerprint density at radius 2 is 1.77 bits per heavy atom. The molecule has 1 unspecified atom stereocenters. The number of hydrogen-bond acceptors (Lipinski definition) is 4. The molecule has 7 nitrogen and oxygen atoms in total. The van der Waals surface area contributed by atoms with Crippen LogP contribution >= 0.6 is 31.9 Å². The maximum absolute atomic E-state index is 12.5. The highest BCUT2D eigenvalue weighted by Gasteiger charge is 2.25. The van der Waals surface area contributed by atoms with Gasteiger partial charge >= 0.3 is 12.0 Å². The van der Waals surface area contributed by atoms with Crippen molar-refractivity contribution in [2.24, 2.45) is 5.73 Å². The summed E-state index contributed by atoms with van der Waals surface area (Å²) in [7, 11) is 1.56. The molecule has 144 valence electrons. The van der Waals surface area contributed by atoms with Crippen molar-refractivity contribution >= 4 is 55.5 Å². The normalized spacial score (nSPS) is 12.2. The van der Waals surface area contributed by atoms with E-state index in [4.69, 9.17) is 10.5 Å². The summed E-state index contributed by atoms with van der Waals surface area (Å²) in [4.78, 5) is 37.3. The molecule has 0 spiro atoms. The minimum absolute atomic E-state index is 0.0341. The number of amides is 3. The molecule has 0 fully saturated rings. The summed E-state index contributed by atoms with van der Waals surface area (Å²) >= 11 is 6.77. The fraction of sp³-hybridized carbons (Fsp3) is 0.471. The fourth-order valence-corrected chi connectivity index (χ4v) is 3.63. The van der Waals surface area contributed by atoms with Gasteiger partial charge in [0.05, 0.1) is 5.69 Å². The molecule has 26 heavy (non-hydrogen) atoms. The summed E-state index contributed by atoms with van der Waals surface area (Å²) in [5, 5.41) is 2.55. The number of nitrogens with two attached hydrogens (primary N) is 1. The van der Waals surface area contributed by atoms with Gasteiger partial charge < -0.3 is 15.8 Å². The maximum Gasteiger partial charge on any atom is 0.322 e. The van der Waals surface area contributed by atoms with Crippen molar-refractivity contribution in [3.05, 3.63) is 27.1 Å². The first-order valence-corrected chi connectivity index (χ1v) is 9.50. The average molecular weight is 493 g/mol. The average Bonchev–Trinajstić information content (AvgIpc) is 2.48. The van der Waals surface area contributed by atoms with Crippen molar-refractivity contribution in [2.75, 3.05) is 11.9 Å². The van der Waals surface area contributed by atoms with Crippen LogP contribution < -0.4 is 16.0 Å². The number of benzene rings is 1. The third kappa shape index (κ3) is 6.95. The van der Waals surface area contributed by atoms with Crippen molar-refractivity contribution in [2.45, 2.75) is 45.3 Å². The molecule has 1 atom stereocenters. The number of rotatable bonds is 6. The maximum atomic E-state index is 12.5. The molecule has 1 aromatic carbocycles. The van der Waals surface area contributed by atoms with Crippen molar-refractivity contribution in [1.29, 1.82) is 0 Å². The van der Waals surface area contributed by atoms with Crippen LogP contribution in [0.25, 0.3) is 0 Å². The number of hydrogen-bond donors (Lipinski definition) is 2. The van der Waals surface area contributed by atoms with E-state index in [2.05, 4.69) is 37.2 Å². The largest absolute Gasteiger partial charge is 0.460 e. The third-order valence-electron chi connectivity index (χ3n) is 3.28. The lowest BCUT2D eigenvalue weighted by atomic mass is 10.1. The van der Waals surface area contributed by atoms with Crippen LogP contribution in [0, 0.1) is 0 Å². The van der Waals surface area contributed by atoms with Crippen LogP contribution in [0.2, 0.25) is 0 Å². The molecule has 0 aliphatic heterocycles. The second-order valence-electron chi connectivity index (χ2n) is 6.66. The number of anilines is 1. The first-order chi connectivity index (χ1) is 11.9. The molecular weight excluding hydrogens is 470 g/mol. The molecule has 1 aromatic rings. The Kier molecular flexibility index (Phi) is 8.08. The van der Waals surface area contributed by atoms with Crippen LogP contribution in [0.3, 0.4) is 0 Å². The summed E-state index contributed by atoms with van der Waals surface area (Å²) in [6, 6.07) is 3.89. The smallest absolute Gasteiger partial charge is 0.322 e. The van der Waals surface area contributed by atoms with Gasteiger partial charge in [0.25, 0.3) is 0 Å². The molecule has 0 aliphatic carbocycles. The molecule has 0 saturated heterocycles. The summed E-state index contributed by atoms with van der Waals surface area (Å²) in [5.41, 5.74) is 5.34. The number of ether oxygens (including phenoxy) is 1. The van der Waals surface area contributed by atoms with Crippen molar-refractivity contribution in [1.82, 2.24) is 5.32 Å². The number of para-hydroxylation sites is 1. The third-order valence-corrected chi connectivity index (χ3v) is 4.56. The molecule has 0 bridgehead atoms. The van der Waals surface area contributed by atoms with E-state index < -0.39 is 29.6 Å². The number of nitrogens with one attached hydrogen (secondary N) is 1. The number of esters is 1. The molecule has 0 heterocycles. The first-order valence-electron chi connectivity index (χ1n) is 7.91. The zero-order valence-electron chi connectivity index (χ0n) is 15.1. The minimum Gasteiger partial charge on any atom is -0.460 e. The Morgan fingerprint density at radius 1 is 1.23 bits per heavy atom. The first kappa shape index (κ1) is 22.4. The summed E-state index contributed by atoms with van der Waals surface area (Å²) in [5.74, 6) is -1.18. The van der Waals surface area contributed by atoms with E-state index in [1.807, 2.05) is 6.07 Å². The highest BCUT2D eigenvalue weighted by molar-refractivity contribution is 9.11. The highest BCUT2D eigenvalue weighted by Crippen LogP contribution is 2.33. The lowest BCUT2D eigenvalue weighted by Gasteiger charge is -2.24. The van der Waals surface area contributed by atoms with Crippen LogP contribution in [0.15, 0.2) is 27.1 Å². The SMILES string of the molecule is CN(C(=O)NC(CCC(=O)OC(C)(C)C)C(N)=O)c1c(Br)cccc1Br. The second-order valence-corrected chi connectivity index (χ2v) is 8.37. The molecule has 0 aliphatic rings. The van der Waals surface area contributed by atoms with Crippen LogP contribution in [0.4, 0.5) is 10.5 Å². The van der Waals surface area contributed by atoms with E-state index in [9.17, 15) is 14.4 Å². The van der Waals surface area contributed by atoms with Gasteiger partial charge in [-0.15, -0.1) is 0 Å². The standard InChI is InChI=1S/C17H23Br2N3O4/c1-17(2,3)26-13(23)9-8-12(15(20)24)21-16(25)22(4)14-10(18)6-5-7-11(14)19/h5-7,12H,8-9H2,1-4H3,(H2,20,24)(H,21,25). The van der Waals surface area contributed by atoms with Gasteiger partial charge in [0.2, 0.25) is 5.91 Å². The highest BCUT2D eigenvalue weighted by atomic mass is 79.9. The molecule has 0 aromatic heterocycles. The molecule has 1 rings (SSSR count). The lowest BCUT2D eigenvalue weighted by Crippen LogP contribution is -2.49. The lowest BCUT2D eigenvalue weighted by molar-refractivity contribution is -0.155. The van der Waals surface area contributed by atoms with Crippen molar-refractivity contribution < 1.29 is 19.1 Å². The van der Waals surface area contributed by atoms with E-state index in [0.29, 0.717) is 14.6 Å². The van der Waals surface area contributed by atoms with Gasteiger partial charge in [-0.3, -0.25) is 14.5 Å². The number of primary amides is 1. The van der Waals surface area contributed by atoms with Crippen LogP contribution in [0.5, 0.6) is 0 Å². The van der Waals surface area contributed by atoms with Gasteiger partial charge in [0.15, 0.2) is 0 Å². The molecule has 0 radical (unpaired) electrons. The number of halogens is 2. The predicted octanol–water partition coefficient (Wildman–Crippen LogP) is 3.33. The number of carbonyl (C=O) groups excluding carboxylic acids is 3. The molecule has 3 N–H and O–H groups in total. The molecule has 0 saturated carbocycles. The van der Waals surface area contributed by atoms with Crippen molar-refractivity contribution in [3.8, 4) is 0 Å². The Bertz CT molecular complexity index is 669. The zero-order chi connectivity index (χ0) is 20.1. The minimum atomic E-state index is -0.987. The van der Waals surface area contributed by atoms with Crippen LogP contribution in [-0.2, 0) is 14.3 Å². The van der Waals surface area contributed by atoms with Gasteiger partial charge in [0, 0.05) is 22.4 Å². The van der Waals surface area contributed by atoms with E-state index in [-0.39, 0.29) is 12.8 Å². The summed E-state index contributed by atoms with van der Waals surface area (Å²) in [6.07, 6.45) is 0.0224. The zero-order valence-corrected chi connectivity index (χ0v) is 18.3. The number of nitrogens with zero attached hydrogens (tertiary/aromatic N) is 1. The summed E-state index contributed by atoms with van der Waals surface area (Å²) in [6.45, 7) is 5.26. The van der Waals surface area contributed by atoms with Gasteiger partial charge in [-0.1, -0.05) is 6.07 Å². The Labute approximate surface area is 169 Å². The molecular formula is C17H23Br2N3O4. The van der Waals surface area contributed by atoms with Gasteiger partial charge in [-0.25, -0.2) is 4.79 Å². The van der Waals surface area contributed by atoms with Crippen LogP contribution in [-0.4, -0.2) is 36.6 Å². The van der Waals surface area contributed by atoms with E-state index >= 15 is 0 Å². The van der Waals surface area contributed by atoms with E-state index in [1.54, 1.807) is 40.0 Å². The Morgan fingerprint density at radius 3 is 2.23 bits per heavy atom. The van der Waals surface area contributed by atoms with Crippen LogP contribution in [0.1, 0.15) is 33.6 Å². The Balaban J connectivity index is 2.76. The monoisotopic (exact) mass is 491 g/mol. The fourth-order valence-electron chi connectivity index (χ4n) is 2.10. The number of urea groups is 1. The topological polar surface area (TPSA) is 102 Å². The second kappa shape index (κ2) is 9.36. The van der Waals surface area contributed by atoms with Gasteiger partial charge in [-0.05, 0) is 71.2 Å². The van der Waals surface area contributed by atoms with Gasteiger partial charge in [-0.2, -0.15) is 0 Å². The quantitative estimate of drug-likeness (QED) is 0.594.